The van der Waals surface area contributed by atoms with Gasteiger partial charge in [0.1, 0.15) is 11.6 Å². The highest BCUT2D eigenvalue weighted by atomic mass is 16.1. The predicted molar refractivity (Wildman–Crippen MR) is 80.6 cm³/mol. The maximum Gasteiger partial charge on any atom is 0.268 e. The lowest BCUT2D eigenvalue weighted by Crippen LogP contribution is -2.23. The van der Waals surface area contributed by atoms with E-state index in [-0.39, 0.29) is 11.1 Å². The summed E-state index contributed by atoms with van der Waals surface area (Å²) in [6, 6.07) is 13.6. The molecule has 0 atom stereocenters. The third kappa shape index (κ3) is 2.50. The van der Waals surface area contributed by atoms with Crippen LogP contribution in [0.1, 0.15) is 37.8 Å². The Bertz CT molecular complexity index is 703. The van der Waals surface area contributed by atoms with Crippen LogP contribution in [0.15, 0.2) is 41.2 Å². The van der Waals surface area contributed by atoms with E-state index in [2.05, 4.69) is 26.0 Å². The summed E-state index contributed by atoms with van der Waals surface area (Å²) in [6.45, 7) is 6.77. The molecule has 0 radical (unpaired) electrons. The number of pyridine rings is 1. The van der Waals surface area contributed by atoms with E-state index in [4.69, 9.17) is 5.26 Å². The van der Waals surface area contributed by atoms with E-state index in [0.717, 1.165) is 11.3 Å². The van der Waals surface area contributed by atoms with Crippen molar-refractivity contribution in [3.8, 4) is 17.3 Å². The van der Waals surface area contributed by atoms with Crippen LogP contribution in [0.4, 0.5) is 0 Å². The third-order valence-corrected chi connectivity index (χ3v) is 3.48. The van der Waals surface area contributed by atoms with Crippen LogP contribution in [0.2, 0.25) is 0 Å². The van der Waals surface area contributed by atoms with E-state index in [1.54, 1.807) is 10.6 Å². The van der Waals surface area contributed by atoms with Crippen LogP contribution in [0, 0.1) is 11.3 Å². The Morgan fingerprint density at radius 3 is 2.30 bits per heavy atom. The molecular formula is C17H18N2O. The highest BCUT2D eigenvalue weighted by Crippen LogP contribution is 2.22. The third-order valence-electron chi connectivity index (χ3n) is 3.48. The first-order valence-electron chi connectivity index (χ1n) is 6.82. The van der Waals surface area contributed by atoms with Gasteiger partial charge in [0.05, 0.1) is 5.69 Å². The average molecular weight is 266 g/mol. The van der Waals surface area contributed by atoms with Gasteiger partial charge in [0.25, 0.3) is 5.56 Å². The number of nitrogens with zero attached hydrogens (tertiary/aromatic N) is 2. The standard InChI is InChI=1S/C17H18N2O/c1-4-19-16(10-9-15(11-18)17(19)20)14-7-5-13(6-8-14)12(2)3/h5-10,12H,4H2,1-3H3. The van der Waals surface area contributed by atoms with Gasteiger partial charge in [0, 0.05) is 6.54 Å². The number of hydrogen-bond donors (Lipinski definition) is 0. The lowest BCUT2D eigenvalue weighted by molar-refractivity contribution is 0.733. The van der Waals surface area contributed by atoms with Gasteiger partial charge in [-0.15, -0.1) is 0 Å². The summed E-state index contributed by atoms with van der Waals surface area (Å²) in [5, 5.41) is 8.93. The summed E-state index contributed by atoms with van der Waals surface area (Å²) < 4.78 is 1.64. The number of aromatic nitrogens is 1. The Kier molecular flexibility index (Phi) is 4.05. The molecule has 0 aliphatic rings. The second-order valence-corrected chi connectivity index (χ2v) is 5.07. The van der Waals surface area contributed by atoms with Crippen molar-refractivity contribution < 1.29 is 0 Å². The molecule has 1 aromatic carbocycles. The molecule has 1 heterocycles. The molecule has 102 valence electrons. The zero-order chi connectivity index (χ0) is 14.7. The van der Waals surface area contributed by atoms with Crippen molar-refractivity contribution in [2.45, 2.75) is 33.2 Å². The molecule has 0 unspecified atom stereocenters. The Balaban J connectivity index is 2.56. The van der Waals surface area contributed by atoms with Gasteiger partial charge < -0.3 is 4.57 Å². The molecule has 2 rings (SSSR count). The lowest BCUT2D eigenvalue weighted by Gasteiger charge is -2.12. The van der Waals surface area contributed by atoms with Gasteiger partial charge in [-0.2, -0.15) is 5.26 Å². The topological polar surface area (TPSA) is 45.8 Å². The molecule has 20 heavy (non-hydrogen) atoms. The lowest BCUT2D eigenvalue weighted by atomic mass is 10.0. The minimum Gasteiger partial charge on any atom is -0.307 e. The van der Waals surface area contributed by atoms with E-state index in [1.165, 1.54) is 5.56 Å². The number of benzene rings is 1. The number of hydrogen-bond acceptors (Lipinski definition) is 2. The second-order valence-electron chi connectivity index (χ2n) is 5.07. The summed E-state index contributed by atoms with van der Waals surface area (Å²) >= 11 is 0. The molecule has 0 aliphatic carbocycles. The van der Waals surface area contributed by atoms with Crippen LogP contribution in [0.5, 0.6) is 0 Å². The minimum atomic E-state index is -0.222. The van der Waals surface area contributed by atoms with Gasteiger partial charge in [0.15, 0.2) is 0 Å². The Labute approximate surface area is 119 Å². The summed E-state index contributed by atoms with van der Waals surface area (Å²) in [4.78, 5) is 12.1. The Morgan fingerprint density at radius 1 is 1.15 bits per heavy atom. The fourth-order valence-electron chi connectivity index (χ4n) is 2.27. The molecule has 0 bridgehead atoms. The molecule has 0 saturated heterocycles. The Morgan fingerprint density at radius 2 is 1.80 bits per heavy atom. The van der Waals surface area contributed by atoms with Gasteiger partial charge in [-0.05, 0) is 36.1 Å². The van der Waals surface area contributed by atoms with Crippen molar-refractivity contribution in [1.82, 2.24) is 4.57 Å². The molecule has 1 aromatic heterocycles. The Hall–Kier alpha value is -2.34. The number of rotatable bonds is 3. The van der Waals surface area contributed by atoms with Crippen LogP contribution in [0.3, 0.4) is 0 Å². The van der Waals surface area contributed by atoms with Crippen LogP contribution in [-0.4, -0.2) is 4.57 Å². The van der Waals surface area contributed by atoms with Crippen molar-refractivity contribution >= 4 is 0 Å². The molecule has 0 saturated carbocycles. The van der Waals surface area contributed by atoms with E-state index in [0.29, 0.717) is 12.5 Å². The first-order valence-corrected chi connectivity index (χ1v) is 6.82. The molecule has 3 nitrogen and oxygen atoms in total. The summed E-state index contributed by atoms with van der Waals surface area (Å²) in [6.07, 6.45) is 0. The van der Waals surface area contributed by atoms with Crippen LogP contribution < -0.4 is 5.56 Å². The van der Waals surface area contributed by atoms with Crippen molar-refractivity contribution in [3.05, 3.63) is 57.9 Å². The van der Waals surface area contributed by atoms with E-state index < -0.39 is 0 Å². The van der Waals surface area contributed by atoms with E-state index >= 15 is 0 Å². The maximum atomic E-state index is 12.1. The first kappa shape index (κ1) is 14.1. The summed E-state index contributed by atoms with van der Waals surface area (Å²) in [7, 11) is 0. The fraction of sp³-hybridized carbons (Fsp3) is 0.294. The monoisotopic (exact) mass is 266 g/mol. The van der Waals surface area contributed by atoms with Crippen molar-refractivity contribution in [3.63, 3.8) is 0 Å². The van der Waals surface area contributed by atoms with Crippen molar-refractivity contribution in [1.29, 1.82) is 5.26 Å². The van der Waals surface area contributed by atoms with Gasteiger partial charge in [-0.3, -0.25) is 4.79 Å². The second kappa shape index (κ2) is 5.75. The molecule has 0 spiro atoms. The predicted octanol–water partition coefficient (Wildman–Crippen LogP) is 3.53. The maximum absolute atomic E-state index is 12.1. The summed E-state index contributed by atoms with van der Waals surface area (Å²) in [5.74, 6) is 0.485. The molecule has 3 heteroatoms. The zero-order valence-electron chi connectivity index (χ0n) is 12.1. The highest BCUT2D eigenvalue weighted by Gasteiger charge is 2.09. The number of nitriles is 1. The van der Waals surface area contributed by atoms with Gasteiger partial charge in [0.2, 0.25) is 0 Å². The minimum absolute atomic E-state index is 0.189. The summed E-state index contributed by atoms with van der Waals surface area (Å²) in [5.41, 5.74) is 3.09. The van der Waals surface area contributed by atoms with Crippen LogP contribution in [-0.2, 0) is 6.54 Å². The normalized spacial score (nSPS) is 10.6. The molecule has 2 aromatic rings. The van der Waals surface area contributed by atoms with E-state index in [9.17, 15) is 4.79 Å². The molecule has 0 fully saturated rings. The van der Waals surface area contributed by atoms with Crippen LogP contribution >= 0.6 is 0 Å². The van der Waals surface area contributed by atoms with Gasteiger partial charge in [-0.1, -0.05) is 38.1 Å². The highest BCUT2D eigenvalue weighted by molar-refractivity contribution is 5.61. The van der Waals surface area contributed by atoms with Gasteiger partial charge in [-0.25, -0.2) is 0 Å². The SMILES string of the molecule is CCn1c(-c2ccc(C(C)C)cc2)ccc(C#N)c1=O. The van der Waals surface area contributed by atoms with Crippen LogP contribution in [0.25, 0.3) is 11.3 Å². The molecule has 0 aliphatic heterocycles. The molecular weight excluding hydrogens is 248 g/mol. The molecule has 0 N–H and O–H groups in total. The average Bonchev–Trinajstić information content (AvgIpc) is 2.47. The zero-order valence-corrected chi connectivity index (χ0v) is 12.1. The van der Waals surface area contributed by atoms with E-state index in [1.807, 2.05) is 31.2 Å². The largest absolute Gasteiger partial charge is 0.307 e. The smallest absolute Gasteiger partial charge is 0.268 e. The van der Waals surface area contributed by atoms with Crippen molar-refractivity contribution in [2.24, 2.45) is 0 Å². The quantitative estimate of drug-likeness (QED) is 0.853. The first-order chi connectivity index (χ1) is 9.58. The fourth-order valence-corrected chi connectivity index (χ4v) is 2.27. The van der Waals surface area contributed by atoms with Crippen molar-refractivity contribution in [2.75, 3.05) is 0 Å². The van der Waals surface area contributed by atoms with Gasteiger partial charge >= 0.3 is 0 Å². The molecule has 0 amide bonds.